The number of hydrogen-bond donors (Lipinski definition) is 0. The van der Waals surface area contributed by atoms with E-state index in [0.717, 1.165) is 25.9 Å². The molecule has 84 valence electrons. The van der Waals surface area contributed by atoms with Gasteiger partial charge in [-0.25, -0.2) is 0 Å². The van der Waals surface area contributed by atoms with Crippen LogP contribution in [-0.2, 0) is 4.79 Å². The number of likely N-dealkylation sites (tertiary alicyclic amines) is 1. The predicted octanol–water partition coefficient (Wildman–Crippen LogP) is 2.21. The summed E-state index contributed by atoms with van der Waals surface area (Å²) < 4.78 is 0. The molecule has 2 rings (SSSR count). The minimum Gasteiger partial charge on any atom is -0.342 e. The van der Waals surface area contributed by atoms with E-state index >= 15 is 0 Å². The Morgan fingerprint density at radius 1 is 1.53 bits per heavy atom. The van der Waals surface area contributed by atoms with Crippen molar-refractivity contribution in [3.8, 4) is 0 Å². The zero-order valence-electron chi connectivity index (χ0n) is 9.57. The van der Waals surface area contributed by atoms with Crippen molar-refractivity contribution in [1.82, 2.24) is 4.90 Å². The molecule has 2 aliphatic rings. The molecule has 0 radical (unpaired) electrons. The molecule has 1 fully saturated rings. The number of carbonyl (C=O) groups is 1. The highest BCUT2D eigenvalue weighted by Gasteiger charge is 2.34. The lowest BCUT2D eigenvalue weighted by Gasteiger charge is -2.31. The Hall–Kier alpha value is -0.930. The minimum atomic E-state index is -0.225. The van der Waals surface area contributed by atoms with E-state index in [1.807, 2.05) is 11.8 Å². The highest BCUT2D eigenvalue weighted by molar-refractivity contribution is 5.76. The quantitative estimate of drug-likeness (QED) is 0.702. The summed E-state index contributed by atoms with van der Waals surface area (Å²) in [7, 11) is 0. The molecule has 2 heterocycles. The second-order valence-corrected chi connectivity index (χ2v) is 5.00. The molecule has 2 aliphatic heterocycles. The maximum absolute atomic E-state index is 11.9. The summed E-state index contributed by atoms with van der Waals surface area (Å²) >= 11 is 0. The van der Waals surface area contributed by atoms with Crippen LogP contribution in [0.3, 0.4) is 0 Å². The molecule has 1 amide bonds. The van der Waals surface area contributed by atoms with Crippen molar-refractivity contribution >= 4 is 5.91 Å². The van der Waals surface area contributed by atoms with E-state index in [1.54, 1.807) is 0 Å². The van der Waals surface area contributed by atoms with E-state index in [2.05, 4.69) is 17.2 Å². The molecule has 15 heavy (non-hydrogen) atoms. The second kappa shape index (κ2) is 3.91. The molecule has 0 saturated carbocycles. The second-order valence-electron chi connectivity index (χ2n) is 5.00. The molecule has 1 unspecified atom stereocenters. The van der Waals surface area contributed by atoms with Crippen LogP contribution in [0.25, 0.3) is 0 Å². The lowest BCUT2D eigenvalue weighted by Crippen LogP contribution is -2.39. The van der Waals surface area contributed by atoms with Crippen molar-refractivity contribution in [3.05, 3.63) is 0 Å². The first kappa shape index (κ1) is 10.6. The first-order valence-electron chi connectivity index (χ1n) is 5.81. The fraction of sp³-hybridized carbons (Fsp3) is 0.909. The van der Waals surface area contributed by atoms with Gasteiger partial charge in [-0.2, -0.15) is 10.2 Å². The lowest BCUT2D eigenvalue weighted by atomic mass is 9.99. The number of hydrogen-bond acceptors (Lipinski definition) is 3. The third-order valence-electron chi connectivity index (χ3n) is 3.26. The molecular formula is C11H19N3O. The molecular weight excluding hydrogens is 190 g/mol. The van der Waals surface area contributed by atoms with Crippen LogP contribution in [0.4, 0.5) is 0 Å². The Kier molecular flexibility index (Phi) is 2.76. The van der Waals surface area contributed by atoms with E-state index in [4.69, 9.17) is 0 Å². The maximum atomic E-state index is 11.9. The smallest absolute Gasteiger partial charge is 0.222 e. The van der Waals surface area contributed by atoms with Crippen molar-refractivity contribution in [2.45, 2.75) is 45.2 Å². The van der Waals surface area contributed by atoms with Crippen molar-refractivity contribution in [2.24, 2.45) is 16.1 Å². The third-order valence-corrected chi connectivity index (χ3v) is 3.26. The average Bonchev–Trinajstić information content (AvgIpc) is 2.94. The van der Waals surface area contributed by atoms with Gasteiger partial charge in [0.15, 0.2) is 5.66 Å². The molecule has 0 aliphatic carbocycles. The van der Waals surface area contributed by atoms with E-state index in [9.17, 15) is 4.79 Å². The maximum Gasteiger partial charge on any atom is 0.222 e. The molecule has 0 aromatic heterocycles. The Labute approximate surface area is 90.7 Å². The summed E-state index contributed by atoms with van der Waals surface area (Å²) in [6, 6.07) is 0. The van der Waals surface area contributed by atoms with Gasteiger partial charge in [0.05, 0.1) is 0 Å². The first-order chi connectivity index (χ1) is 7.09. The predicted molar refractivity (Wildman–Crippen MR) is 57.5 cm³/mol. The summed E-state index contributed by atoms with van der Waals surface area (Å²) in [5, 5.41) is 7.84. The standard InChI is InChI=1S/C11H19N3O/c1-9-4-3-7-14(8-9)10(15)5-6-11(2)12-13-11/h9H,3-8H2,1-2H3. The van der Waals surface area contributed by atoms with Gasteiger partial charge in [-0.05, 0) is 25.7 Å². The SMILES string of the molecule is CC1CCCN(C(=O)CCC2(C)N=N2)C1. The van der Waals surface area contributed by atoms with Gasteiger partial charge < -0.3 is 4.90 Å². The molecule has 1 saturated heterocycles. The van der Waals surface area contributed by atoms with Gasteiger partial charge in [-0.1, -0.05) is 6.92 Å². The summed E-state index contributed by atoms with van der Waals surface area (Å²) in [4.78, 5) is 13.9. The van der Waals surface area contributed by atoms with Gasteiger partial charge >= 0.3 is 0 Å². The van der Waals surface area contributed by atoms with Crippen LogP contribution in [0, 0.1) is 5.92 Å². The number of nitrogens with zero attached hydrogens (tertiary/aromatic N) is 3. The number of piperidine rings is 1. The van der Waals surface area contributed by atoms with E-state index in [1.165, 1.54) is 6.42 Å². The van der Waals surface area contributed by atoms with Crippen LogP contribution in [-0.4, -0.2) is 29.6 Å². The van der Waals surface area contributed by atoms with Crippen molar-refractivity contribution in [2.75, 3.05) is 13.1 Å². The zero-order valence-corrected chi connectivity index (χ0v) is 9.57. The third kappa shape index (κ3) is 2.76. The number of amides is 1. The van der Waals surface area contributed by atoms with Gasteiger partial charge in [0, 0.05) is 25.9 Å². The van der Waals surface area contributed by atoms with Crippen LogP contribution in [0.2, 0.25) is 0 Å². The molecule has 0 spiro atoms. The molecule has 4 heteroatoms. The average molecular weight is 209 g/mol. The summed E-state index contributed by atoms with van der Waals surface area (Å²) in [5.41, 5.74) is -0.225. The van der Waals surface area contributed by atoms with Gasteiger partial charge in [0.2, 0.25) is 5.91 Å². The fourth-order valence-corrected chi connectivity index (χ4v) is 2.10. The lowest BCUT2D eigenvalue weighted by molar-refractivity contribution is -0.133. The number of rotatable bonds is 3. The van der Waals surface area contributed by atoms with Crippen LogP contribution in [0.15, 0.2) is 10.2 Å². The molecule has 0 N–H and O–H groups in total. The van der Waals surface area contributed by atoms with Crippen molar-refractivity contribution < 1.29 is 4.79 Å². The van der Waals surface area contributed by atoms with Crippen molar-refractivity contribution in [1.29, 1.82) is 0 Å². The summed E-state index contributed by atoms with van der Waals surface area (Å²) in [6.45, 7) is 6.06. The molecule has 0 aromatic carbocycles. The molecule has 4 nitrogen and oxygen atoms in total. The van der Waals surface area contributed by atoms with Gasteiger partial charge in [0.1, 0.15) is 0 Å². The van der Waals surface area contributed by atoms with Gasteiger partial charge in [-0.3, -0.25) is 4.79 Å². The zero-order chi connectivity index (χ0) is 10.9. The topological polar surface area (TPSA) is 45.0 Å². The van der Waals surface area contributed by atoms with E-state index < -0.39 is 0 Å². The van der Waals surface area contributed by atoms with E-state index in [-0.39, 0.29) is 11.6 Å². The number of carbonyl (C=O) groups excluding carboxylic acids is 1. The summed E-state index contributed by atoms with van der Waals surface area (Å²) in [6.07, 6.45) is 3.78. The molecule has 0 aromatic rings. The fourth-order valence-electron chi connectivity index (χ4n) is 2.10. The Morgan fingerprint density at radius 3 is 2.87 bits per heavy atom. The minimum absolute atomic E-state index is 0.225. The monoisotopic (exact) mass is 209 g/mol. The van der Waals surface area contributed by atoms with Crippen LogP contribution in [0.5, 0.6) is 0 Å². The Balaban J connectivity index is 1.74. The van der Waals surface area contributed by atoms with Crippen LogP contribution >= 0.6 is 0 Å². The van der Waals surface area contributed by atoms with Gasteiger partial charge in [-0.15, -0.1) is 0 Å². The molecule has 1 atom stereocenters. The first-order valence-corrected chi connectivity index (χ1v) is 5.81. The van der Waals surface area contributed by atoms with Crippen LogP contribution in [0.1, 0.15) is 39.5 Å². The Morgan fingerprint density at radius 2 is 2.27 bits per heavy atom. The largest absolute Gasteiger partial charge is 0.342 e. The van der Waals surface area contributed by atoms with Crippen LogP contribution < -0.4 is 0 Å². The summed E-state index contributed by atoms with van der Waals surface area (Å²) in [5.74, 6) is 0.939. The van der Waals surface area contributed by atoms with Gasteiger partial charge in [0.25, 0.3) is 0 Å². The Bertz CT molecular complexity index is 282. The normalized spacial score (nSPS) is 27.9. The van der Waals surface area contributed by atoms with E-state index in [0.29, 0.717) is 12.3 Å². The molecule has 0 bridgehead atoms. The van der Waals surface area contributed by atoms with Crippen molar-refractivity contribution in [3.63, 3.8) is 0 Å². The highest BCUT2D eigenvalue weighted by atomic mass is 16.2. The highest BCUT2D eigenvalue weighted by Crippen LogP contribution is 2.32.